The van der Waals surface area contributed by atoms with Gasteiger partial charge in [0.15, 0.2) is 0 Å². The highest BCUT2D eigenvalue weighted by molar-refractivity contribution is 5.89. The van der Waals surface area contributed by atoms with Crippen molar-refractivity contribution in [2.24, 2.45) is 17.1 Å². The van der Waals surface area contributed by atoms with Crippen LogP contribution in [0.4, 0.5) is 0 Å². The summed E-state index contributed by atoms with van der Waals surface area (Å²) in [6.45, 7) is 6.84. The topological polar surface area (TPSA) is 82.8 Å². The van der Waals surface area contributed by atoms with Gasteiger partial charge in [-0.25, -0.2) is 0 Å². The largest absolute Gasteiger partial charge is 0.382 e. The molecule has 1 aliphatic heterocycles. The van der Waals surface area contributed by atoms with Crippen LogP contribution in [0, 0.1) is 11.3 Å². The predicted octanol–water partition coefficient (Wildman–Crippen LogP) is 0.298. The first-order valence-corrected chi connectivity index (χ1v) is 7.71. The summed E-state index contributed by atoms with van der Waals surface area (Å²) in [5, 5.41) is 2.91. The van der Waals surface area contributed by atoms with Gasteiger partial charge in [-0.3, -0.25) is 4.79 Å². The Labute approximate surface area is 126 Å². The van der Waals surface area contributed by atoms with E-state index in [1.54, 1.807) is 7.11 Å². The molecule has 0 aromatic rings. The van der Waals surface area contributed by atoms with E-state index >= 15 is 0 Å². The number of fused-ring (bicyclic) bond motifs is 1. The number of carbonyl (C=O) groups excluding carboxylic acids is 1. The van der Waals surface area contributed by atoms with Crippen LogP contribution in [0.5, 0.6) is 0 Å². The Kier molecular flexibility index (Phi) is 5.24. The average Bonchev–Trinajstić information content (AvgIpc) is 2.49. The molecule has 3 atom stereocenters. The minimum absolute atomic E-state index is 0.0883. The van der Waals surface area contributed by atoms with Gasteiger partial charge in [0.25, 0.3) is 0 Å². The van der Waals surface area contributed by atoms with Gasteiger partial charge < -0.3 is 25.3 Å². The second-order valence-electron chi connectivity index (χ2n) is 6.49. The normalized spacial score (nSPS) is 33.9. The second-order valence-corrected chi connectivity index (χ2v) is 6.49. The molecule has 0 bridgehead atoms. The van der Waals surface area contributed by atoms with Crippen LogP contribution in [0.15, 0.2) is 0 Å². The second kappa shape index (κ2) is 6.60. The lowest BCUT2D eigenvalue weighted by Crippen LogP contribution is -2.82. The van der Waals surface area contributed by atoms with E-state index in [-0.39, 0.29) is 23.3 Å². The Morgan fingerprint density at radius 3 is 2.86 bits per heavy atom. The first kappa shape index (κ1) is 16.7. The highest BCUT2D eigenvalue weighted by Gasteiger charge is 2.70. The Morgan fingerprint density at radius 2 is 2.14 bits per heavy atom. The molecule has 6 nitrogen and oxygen atoms in total. The molecule has 1 amide bonds. The zero-order chi connectivity index (χ0) is 15.5. The van der Waals surface area contributed by atoms with Crippen molar-refractivity contribution >= 4 is 5.91 Å². The lowest BCUT2D eigenvalue weighted by atomic mass is 9.46. The van der Waals surface area contributed by atoms with Crippen LogP contribution in [0.25, 0.3) is 0 Å². The van der Waals surface area contributed by atoms with E-state index < -0.39 is 5.54 Å². The molecule has 2 fully saturated rings. The molecule has 0 aromatic carbocycles. The summed E-state index contributed by atoms with van der Waals surface area (Å²) in [5.41, 5.74) is 5.31. The number of amides is 1. The molecule has 1 aliphatic carbocycles. The summed E-state index contributed by atoms with van der Waals surface area (Å²) in [6, 6.07) is 0. The van der Waals surface area contributed by atoms with Crippen LogP contribution in [-0.4, -0.2) is 57.6 Å². The number of rotatable bonds is 7. The summed E-state index contributed by atoms with van der Waals surface area (Å²) in [4.78, 5) is 12.5. The van der Waals surface area contributed by atoms with Gasteiger partial charge in [0, 0.05) is 31.6 Å². The minimum Gasteiger partial charge on any atom is -0.382 e. The van der Waals surface area contributed by atoms with Crippen molar-refractivity contribution in [3.63, 3.8) is 0 Å². The zero-order valence-electron chi connectivity index (χ0n) is 13.3. The highest BCUT2D eigenvalue weighted by Crippen LogP contribution is 2.57. The van der Waals surface area contributed by atoms with Crippen molar-refractivity contribution in [3.8, 4) is 0 Å². The molecule has 3 N–H and O–H groups in total. The van der Waals surface area contributed by atoms with Crippen LogP contribution in [0.2, 0.25) is 0 Å². The smallest absolute Gasteiger partial charge is 0.241 e. The fraction of sp³-hybridized carbons (Fsp3) is 0.933. The maximum Gasteiger partial charge on any atom is 0.241 e. The van der Waals surface area contributed by atoms with Crippen LogP contribution in [0.1, 0.15) is 26.7 Å². The van der Waals surface area contributed by atoms with Crippen LogP contribution >= 0.6 is 0 Å². The fourth-order valence-electron chi connectivity index (χ4n) is 3.66. The van der Waals surface area contributed by atoms with E-state index in [0.29, 0.717) is 26.4 Å². The lowest BCUT2D eigenvalue weighted by molar-refractivity contribution is -0.225. The van der Waals surface area contributed by atoms with E-state index in [1.165, 1.54) is 0 Å². The van der Waals surface area contributed by atoms with Crippen molar-refractivity contribution in [2.75, 3.05) is 40.1 Å². The molecule has 1 heterocycles. The van der Waals surface area contributed by atoms with Gasteiger partial charge in [0.2, 0.25) is 5.91 Å². The highest BCUT2D eigenvalue weighted by atomic mass is 16.5. The fourth-order valence-corrected chi connectivity index (χ4v) is 3.66. The summed E-state index contributed by atoms with van der Waals surface area (Å²) < 4.78 is 16.0. The van der Waals surface area contributed by atoms with E-state index in [0.717, 1.165) is 19.4 Å². The Hall–Kier alpha value is -0.690. The van der Waals surface area contributed by atoms with E-state index in [9.17, 15) is 4.79 Å². The first-order valence-electron chi connectivity index (χ1n) is 7.71. The Morgan fingerprint density at radius 1 is 1.38 bits per heavy atom. The van der Waals surface area contributed by atoms with Gasteiger partial charge >= 0.3 is 0 Å². The predicted molar refractivity (Wildman–Crippen MR) is 78.9 cm³/mol. The molecule has 3 unspecified atom stereocenters. The summed E-state index contributed by atoms with van der Waals surface area (Å²) >= 11 is 0. The van der Waals surface area contributed by atoms with Gasteiger partial charge in [-0.1, -0.05) is 13.8 Å². The van der Waals surface area contributed by atoms with Gasteiger partial charge in [0.05, 0.1) is 25.9 Å². The van der Waals surface area contributed by atoms with Crippen molar-refractivity contribution in [3.05, 3.63) is 0 Å². The number of methoxy groups -OCH3 is 1. The standard InChI is InChI=1S/C15H28N2O4/c1-14(2)12-11(5-4-7-21-12)15(14,16)13(18)17-6-8-20-10-9-19-3/h11-12H,4-10,16H2,1-3H3,(H,17,18). The Balaban J connectivity index is 1.83. The van der Waals surface area contributed by atoms with Crippen molar-refractivity contribution < 1.29 is 19.0 Å². The third kappa shape index (κ3) is 2.82. The third-order valence-electron chi connectivity index (χ3n) is 5.02. The molecule has 6 heteroatoms. The van der Waals surface area contributed by atoms with Crippen LogP contribution in [0.3, 0.4) is 0 Å². The molecule has 0 radical (unpaired) electrons. The number of nitrogens with two attached hydrogens (primary N) is 1. The first-order chi connectivity index (χ1) is 9.96. The molecule has 0 spiro atoms. The van der Waals surface area contributed by atoms with Gasteiger partial charge in [0.1, 0.15) is 5.54 Å². The molecular weight excluding hydrogens is 272 g/mol. The molecule has 1 saturated heterocycles. The third-order valence-corrected chi connectivity index (χ3v) is 5.02. The summed E-state index contributed by atoms with van der Waals surface area (Å²) in [5.74, 6) is 0.0326. The molecule has 21 heavy (non-hydrogen) atoms. The monoisotopic (exact) mass is 300 g/mol. The quantitative estimate of drug-likeness (QED) is 0.661. The average molecular weight is 300 g/mol. The summed E-state index contributed by atoms with van der Waals surface area (Å²) in [6.07, 6.45) is 2.03. The van der Waals surface area contributed by atoms with Crippen LogP contribution in [-0.2, 0) is 19.0 Å². The summed E-state index contributed by atoms with van der Waals surface area (Å²) in [7, 11) is 1.63. The number of carbonyl (C=O) groups is 1. The van der Waals surface area contributed by atoms with Crippen molar-refractivity contribution in [1.29, 1.82) is 0 Å². The molecule has 122 valence electrons. The van der Waals surface area contributed by atoms with Crippen LogP contribution < -0.4 is 11.1 Å². The lowest BCUT2D eigenvalue weighted by Gasteiger charge is -2.65. The Bertz CT molecular complexity index is 375. The van der Waals surface area contributed by atoms with Crippen molar-refractivity contribution in [2.45, 2.75) is 38.3 Å². The SMILES string of the molecule is COCCOCCNC(=O)C1(N)C2CCCOC2C1(C)C. The van der Waals surface area contributed by atoms with Crippen molar-refractivity contribution in [1.82, 2.24) is 5.32 Å². The number of nitrogens with one attached hydrogen (secondary N) is 1. The molecule has 1 saturated carbocycles. The number of hydrogen-bond donors (Lipinski definition) is 2. The molecule has 0 aromatic heterocycles. The van der Waals surface area contributed by atoms with E-state index in [4.69, 9.17) is 19.9 Å². The van der Waals surface area contributed by atoms with Gasteiger partial charge in [-0.05, 0) is 12.8 Å². The number of ether oxygens (including phenoxy) is 3. The van der Waals surface area contributed by atoms with Gasteiger partial charge in [-0.15, -0.1) is 0 Å². The minimum atomic E-state index is -0.843. The molecule has 2 aliphatic rings. The zero-order valence-corrected chi connectivity index (χ0v) is 13.3. The molecule has 2 rings (SSSR count). The number of hydrogen-bond acceptors (Lipinski definition) is 5. The molecular formula is C15H28N2O4. The van der Waals surface area contributed by atoms with E-state index in [2.05, 4.69) is 5.32 Å². The van der Waals surface area contributed by atoms with Gasteiger partial charge in [-0.2, -0.15) is 0 Å². The van der Waals surface area contributed by atoms with E-state index in [1.807, 2.05) is 13.8 Å². The maximum atomic E-state index is 12.5. The maximum absolute atomic E-state index is 12.5.